The first-order chi connectivity index (χ1) is 12.3. The molecule has 2 aromatic rings. The molecule has 4 heteroatoms. The number of carbonyl (C=O) groups excluding carboxylic acids is 1. The molecular weight excluding hydrogens is 314 g/mol. The first-order valence-electron chi connectivity index (χ1n) is 8.95. The molecule has 0 spiro atoms. The molecule has 3 rings (SSSR count). The summed E-state index contributed by atoms with van der Waals surface area (Å²) in [7, 11) is 0. The van der Waals surface area contributed by atoms with E-state index < -0.39 is 0 Å². The Kier molecular flexibility index (Phi) is 6.07. The van der Waals surface area contributed by atoms with E-state index in [4.69, 9.17) is 4.74 Å². The van der Waals surface area contributed by atoms with E-state index in [1.165, 1.54) is 0 Å². The molecule has 25 heavy (non-hydrogen) atoms. The Hall–Kier alpha value is -2.33. The maximum Gasteiger partial charge on any atom is 0.418 e. The molecule has 1 aliphatic rings. The Bertz CT molecular complexity index is 612. The minimum atomic E-state index is -0.346. The van der Waals surface area contributed by atoms with Crippen LogP contribution in [0.15, 0.2) is 60.7 Å². The van der Waals surface area contributed by atoms with E-state index in [-0.39, 0.29) is 12.7 Å². The Labute approximate surface area is 149 Å². The third kappa shape index (κ3) is 4.60. The fourth-order valence-corrected chi connectivity index (χ4v) is 3.35. The second-order valence-corrected chi connectivity index (χ2v) is 6.65. The number of hydrogen-bond donors (Lipinski definition) is 1. The van der Waals surface area contributed by atoms with Crippen molar-refractivity contribution < 1.29 is 14.6 Å². The number of ether oxygens (including phenoxy) is 1. The van der Waals surface area contributed by atoms with E-state index in [0.29, 0.717) is 18.4 Å². The second kappa shape index (κ2) is 8.67. The summed E-state index contributed by atoms with van der Waals surface area (Å²) in [6.07, 6.45) is 3.70. The van der Waals surface area contributed by atoms with Crippen molar-refractivity contribution >= 4 is 17.5 Å². The van der Waals surface area contributed by atoms with Gasteiger partial charge in [0.25, 0.3) is 0 Å². The van der Waals surface area contributed by atoms with Gasteiger partial charge in [-0.1, -0.05) is 36.4 Å². The zero-order valence-electron chi connectivity index (χ0n) is 14.4. The first-order valence-corrected chi connectivity index (χ1v) is 8.95. The molecule has 1 fully saturated rings. The average molecular weight is 339 g/mol. The number of aliphatic hydroxyl groups is 1. The van der Waals surface area contributed by atoms with E-state index in [1.807, 2.05) is 60.7 Å². The van der Waals surface area contributed by atoms with Crippen LogP contribution in [0.25, 0.3) is 0 Å². The smallest absolute Gasteiger partial charge is 0.418 e. The number of rotatable bonds is 5. The highest BCUT2D eigenvalue weighted by molar-refractivity contribution is 5.95. The van der Waals surface area contributed by atoms with Gasteiger partial charge in [0.15, 0.2) is 0 Å². The van der Waals surface area contributed by atoms with Crippen LogP contribution in [0, 0.1) is 11.8 Å². The summed E-state index contributed by atoms with van der Waals surface area (Å²) in [5.74, 6) is 0.803. The summed E-state index contributed by atoms with van der Waals surface area (Å²) < 4.78 is 5.65. The molecule has 0 radical (unpaired) electrons. The van der Waals surface area contributed by atoms with Gasteiger partial charge in [-0.25, -0.2) is 9.69 Å². The van der Waals surface area contributed by atoms with Crippen LogP contribution in [0.4, 0.5) is 16.2 Å². The quantitative estimate of drug-likeness (QED) is 0.854. The number of para-hydroxylation sites is 2. The lowest BCUT2D eigenvalue weighted by Crippen LogP contribution is -2.29. The van der Waals surface area contributed by atoms with E-state index >= 15 is 0 Å². The number of anilines is 2. The van der Waals surface area contributed by atoms with Gasteiger partial charge in [-0.15, -0.1) is 0 Å². The van der Waals surface area contributed by atoms with Crippen LogP contribution in [0.3, 0.4) is 0 Å². The molecule has 1 N–H and O–H groups in total. The highest BCUT2D eigenvalue weighted by Gasteiger charge is 2.24. The van der Waals surface area contributed by atoms with Gasteiger partial charge >= 0.3 is 6.09 Å². The third-order valence-corrected chi connectivity index (χ3v) is 4.88. The van der Waals surface area contributed by atoms with Crippen LogP contribution in [0.1, 0.15) is 25.7 Å². The van der Waals surface area contributed by atoms with Crippen molar-refractivity contribution in [1.82, 2.24) is 0 Å². The van der Waals surface area contributed by atoms with Crippen LogP contribution in [0.2, 0.25) is 0 Å². The van der Waals surface area contributed by atoms with Gasteiger partial charge in [-0.2, -0.15) is 0 Å². The first kappa shape index (κ1) is 17.5. The van der Waals surface area contributed by atoms with Crippen molar-refractivity contribution in [2.45, 2.75) is 25.7 Å². The predicted molar refractivity (Wildman–Crippen MR) is 98.9 cm³/mol. The highest BCUT2D eigenvalue weighted by atomic mass is 16.6. The van der Waals surface area contributed by atoms with Crippen LogP contribution in [0.5, 0.6) is 0 Å². The minimum absolute atomic E-state index is 0.266. The monoisotopic (exact) mass is 339 g/mol. The molecule has 4 nitrogen and oxygen atoms in total. The van der Waals surface area contributed by atoms with Crippen molar-refractivity contribution in [2.24, 2.45) is 11.8 Å². The summed E-state index contributed by atoms with van der Waals surface area (Å²) >= 11 is 0. The van der Waals surface area contributed by atoms with Gasteiger partial charge in [0.1, 0.15) is 0 Å². The highest BCUT2D eigenvalue weighted by Crippen LogP contribution is 2.30. The van der Waals surface area contributed by atoms with Gasteiger partial charge in [0.05, 0.1) is 18.0 Å². The maximum absolute atomic E-state index is 12.8. The lowest BCUT2D eigenvalue weighted by molar-refractivity contribution is 0.104. The average Bonchev–Trinajstić information content (AvgIpc) is 2.69. The maximum atomic E-state index is 12.8. The number of carbonyl (C=O) groups is 1. The molecule has 0 aromatic heterocycles. The van der Waals surface area contributed by atoms with Crippen LogP contribution in [-0.4, -0.2) is 24.4 Å². The minimum Gasteiger partial charge on any atom is -0.449 e. The van der Waals surface area contributed by atoms with Crippen molar-refractivity contribution in [3.8, 4) is 0 Å². The van der Waals surface area contributed by atoms with Crippen molar-refractivity contribution in [2.75, 3.05) is 18.1 Å². The Morgan fingerprint density at radius 3 is 1.84 bits per heavy atom. The summed E-state index contributed by atoms with van der Waals surface area (Å²) in [6.45, 7) is 0.704. The van der Waals surface area contributed by atoms with Gasteiger partial charge in [-0.05, 0) is 61.8 Å². The zero-order chi connectivity index (χ0) is 17.5. The molecule has 1 amide bonds. The van der Waals surface area contributed by atoms with Gasteiger partial charge in [-0.3, -0.25) is 0 Å². The van der Waals surface area contributed by atoms with E-state index in [2.05, 4.69) is 0 Å². The summed E-state index contributed by atoms with van der Waals surface area (Å²) in [6, 6.07) is 19.1. The number of amides is 1. The van der Waals surface area contributed by atoms with Crippen LogP contribution >= 0.6 is 0 Å². The lowest BCUT2D eigenvalue weighted by Gasteiger charge is -2.28. The molecule has 0 saturated heterocycles. The van der Waals surface area contributed by atoms with Gasteiger partial charge in [0.2, 0.25) is 0 Å². The molecule has 0 heterocycles. The van der Waals surface area contributed by atoms with Crippen LogP contribution < -0.4 is 4.90 Å². The zero-order valence-corrected chi connectivity index (χ0v) is 14.4. The molecule has 2 aromatic carbocycles. The lowest BCUT2D eigenvalue weighted by atomic mass is 9.83. The van der Waals surface area contributed by atoms with Gasteiger partial charge in [0, 0.05) is 6.61 Å². The third-order valence-electron chi connectivity index (χ3n) is 4.88. The topological polar surface area (TPSA) is 49.8 Å². The molecule has 0 unspecified atom stereocenters. The molecule has 1 aliphatic carbocycles. The molecule has 132 valence electrons. The second-order valence-electron chi connectivity index (χ2n) is 6.65. The predicted octanol–water partition coefficient (Wildman–Crippen LogP) is 4.76. The molecule has 0 bridgehead atoms. The molecule has 0 atom stereocenters. The Morgan fingerprint density at radius 2 is 1.36 bits per heavy atom. The normalized spacial score (nSPS) is 20.0. The Balaban J connectivity index is 1.66. The van der Waals surface area contributed by atoms with Gasteiger partial charge < -0.3 is 9.84 Å². The standard InChI is InChI=1S/C21H25NO3/c23-15-17-11-13-18(14-12-17)16-25-21(24)22(19-7-3-1-4-8-19)20-9-5-2-6-10-20/h1-10,17-18,23H,11-16H2. The SMILES string of the molecule is O=C(OCC1CCC(CO)CC1)N(c1ccccc1)c1ccccc1. The van der Waals surface area contributed by atoms with Crippen molar-refractivity contribution in [3.63, 3.8) is 0 Å². The van der Waals surface area contributed by atoms with E-state index in [0.717, 1.165) is 37.1 Å². The molecule has 0 aliphatic heterocycles. The fraction of sp³-hybridized carbons (Fsp3) is 0.381. The summed E-state index contributed by atoms with van der Waals surface area (Å²) in [5.41, 5.74) is 1.59. The fourth-order valence-electron chi connectivity index (χ4n) is 3.35. The van der Waals surface area contributed by atoms with Crippen LogP contribution in [-0.2, 0) is 4.74 Å². The molecular formula is C21H25NO3. The summed E-state index contributed by atoms with van der Waals surface area (Å²) in [4.78, 5) is 14.4. The van der Waals surface area contributed by atoms with Crippen molar-refractivity contribution in [3.05, 3.63) is 60.7 Å². The largest absolute Gasteiger partial charge is 0.449 e. The number of aliphatic hydroxyl groups excluding tert-OH is 1. The van der Waals surface area contributed by atoms with E-state index in [9.17, 15) is 9.90 Å². The van der Waals surface area contributed by atoms with Crippen molar-refractivity contribution in [1.29, 1.82) is 0 Å². The summed E-state index contributed by atoms with van der Waals surface area (Å²) in [5, 5.41) is 9.23. The molecule has 1 saturated carbocycles. The number of benzene rings is 2. The number of nitrogens with zero attached hydrogens (tertiary/aromatic N) is 1. The number of hydrogen-bond acceptors (Lipinski definition) is 3. The Morgan fingerprint density at radius 1 is 0.880 bits per heavy atom. The van der Waals surface area contributed by atoms with E-state index in [1.54, 1.807) is 4.90 Å².